The van der Waals surface area contributed by atoms with Gasteiger partial charge in [-0.05, 0) is 71.6 Å². The molecule has 0 radical (unpaired) electrons. The van der Waals surface area contributed by atoms with Gasteiger partial charge in [-0.15, -0.1) is 0 Å². The van der Waals surface area contributed by atoms with Gasteiger partial charge < -0.3 is 21.3 Å². The smallest absolute Gasteiger partial charge is 0.000653 e. The molecule has 0 aliphatic rings. The number of hydrogen-bond donors (Lipinski definition) is 2. The summed E-state index contributed by atoms with van der Waals surface area (Å²) in [5, 5.41) is 0. The molecule has 0 fully saturated rings. The second kappa shape index (κ2) is 12.3. The first-order valence-electron chi connectivity index (χ1n) is 7.13. The van der Waals surface area contributed by atoms with E-state index in [0.717, 1.165) is 52.1 Å². The molecular formula is C13H32N4. The Morgan fingerprint density at radius 1 is 0.647 bits per heavy atom. The predicted molar refractivity (Wildman–Crippen MR) is 76.2 cm³/mol. The zero-order valence-corrected chi connectivity index (χ0v) is 11.8. The molecule has 0 bridgehead atoms. The molecule has 0 unspecified atom stereocenters. The summed E-state index contributed by atoms with van der Waals surface area (Å²) in [7, 11) is 0. The maximum absolute atomic E-state index is 5.57. The lowest BCUT2D eigenvalue weighted by atomic mass is 10.3. The highest BCUT2D eigenvalue weighted by molar-refractivity contribution is 4.61. The number of rotatable bonds is 12. The highest BCUT2D eigenvalue weighted by Gasteiger charge is 2.05. The minimum absolute atomic E-state index is 0.787. The Bertz CT molecular complexity index is 140. The normalized spacial score (nSPS) is 11.6. The van der Waals surface area contributed by atoms with Crippen LogP contribution in [-0.2, 0) is 0 Å². The van der Waals surface area contributed by atoms with Crippen LogP contribution in [0.25, 0.3) is 0 Å². The summed E-state index contributed by atoms with van der Waals surface area (Å²) in [6.07, 6.45) is 3.43. The molecular weight excluding hydrogens is 212 g/mol. The van der Waals surface area contributed by atoms with Crippen molar-refractivity contribution in [2.75, 3.05) is 52.4 Å². The van der Waals surface area contributed by atoms with Crippen LogP contribution >= 0.6 is 0 Å². The zero-order valence-electron chi connectivity index (χ0n) is 11.8. The summed E-state index contributed by atoms with van der Waals surface area (Å²) in [4.78, 5) is 4.98. The number of nitrogens with zero attached hydrogens (tertiary/aromatic N) is 2. The molecule has 0 aliphatic heterocycles. The van der Waals surface area contributed by atoms with E-state index >= 15 is 0 Å². The van der Waals surface area contributed by atoms with Crippen LogP contribution in [0.3, 0.4) is 0 Å². The van der Waals surface area contributed by atoms with E-state index in [9.17, 15) is 0 Å². The summed E-state index contributed by atoms with van der Waals surface area (Å²) < 4.78 is 0. The van der Waals surface area contributed by atoms with Gasteiger partial charge >= 0.3 is 0 Å². The van der Waals surface area contributed by atoms with Gasteiger partial charge in [0.2, 0.25) is 0 Å². The van der Waals surface area contributed by atoms with Crippen LogP contribution in [0.1, 0.15) is 33.1 Å². The lowest BCUT2D eigenvalue weighted by Crippen LogP contribution is -2.32. The van der Waals surface area contributed by atoms with E-state index in [2.05, 4.69) is 23.6 Å². The molecule has 0 spiro atoms. The quantitative estimate of drug-likeness (QED) is 0.531. The molecule has 104 valence electrons. The Hall–Kier alpha value is -0.160. The van der Waals surface area contributed by atoms with Crippen LogP contribution in [0.4, 0.5) is 0 Å². The Labute approximate surface area is 107 Å². The highest BCUT2D eigenvalue weighted by Crippen LogP contribution is 1.98. The van der Waals surface area contributed by atoms with E-state index in [1.165, 1.54) is 19.5 Å². The third kappa shape index (κ3) is 9.53. The standard InChI is InChI=1S/C13H32N4/c1-3-16(4-2)12-7-13-17(10-5-8-14)11-6-9-15/h3-15H2,1-2H3. The molecule has 0 saturated heterocycles. The van der Waals surface area contributed by atoms with E-state index in [1.54, 1.807) is 0 Å². The summed E-state index contributed by atoms with van der Waals surface area (Å²) >= 11 is 0. The van der Waals surface area contributed by atoms with Gasteiger partial charge in [-0.1, -0.05) is 13.8 Å². The predicted octanol–water partition coefficient (Wildman–Crippen LogP) is 0.718. The third-order valence-corrected chi connectivity index (χ3v) is 3.20. The topological polar surface area (TPSA) is 58.5 Å². The molecule has 0 heterocycles. The largest absolute Gasteiger partial charge is 0.330 e. The summed E-state index contributed by atoms with van der Waals surface area (Å²) in [5.41, 5.74) is 11.1. The monoisotopic (exact) mass is 244 g/mol. The lowest BCUT2D eigenvalue weighted by Gasteiger charge is -2.24. The van der Waals surface area contributed by atoms with E-state index in [4.69, 9.17) is 11.5 Å². The number of nitrogens with two attached hydrogens (primary N) is 2. The van der Waals surface area contributed by atoms with Gasteiger partial charge in [0.15, 0.2) is 0 Å². The second-order valence-electron chi connectivity index (χ2n) is 4.51. The first-order chi connectivity index (χ1) is 8.28. The SMILES string of the molecule is CCN(CC)CCCN(CCCN)CCCN. The van der Waals surface area contributed by atoms with Crippen LogP contribution in [0.5, 0.6) is 0 Å². The van der Waals surface area contributed by atoms with Crippen molar-refractivity contribution >= 4 is 0 Å². The Balaban J connectivity index is 3.72. The molecule has 0 atom stereocenters. The van der Waals surface area contributed by atoms with Crippen molar-refractivity contribution in [3.05, 3.63) is 0 Å². The molecule has 0 aromatic heterocycles. The van der Waals surface area contributed by atoms with Gasteiger partial charge in [0.1, 0.15) is 0 Å². The van der Waals surface area contributed by atoms with Crippen molar-refractivity contribution in [1.29, 1.82) is 0 Å². The minimum Gasteiger partial charge on any atom is -0.330 e. The first-order valence-corrected chi connectivity index (χ1v) is 7.13. The van der Waals surface area contributed by atoms with Crippen LogP contribution in [-0.4, -0.2) is 62.2 Å². The fraction of sp³-hybridized carbons (Fsp3) is 1.00. The summed E-state index contributed by atoms with van der Waals surface area (Å²) in [6.45, 7) is 13.0. The molecule has 17 heavy (non-hydrogen) atoms. The van der Waals surface area contributed by atoms with Crippen molar-refractivity contribution in [3.8, 4) is 0 Å². The van der Waals surface area contributed by atoms with Crippen molar-refractivity contribution in [3.63, 3.8) is 0 Å². The Morgan fingerprint density at radius 3 is 1.47 bits per heavy atom. The lowest BCUT2D eigenvalue weighted by molar-refractivity contribution is 0.234. The van der Waals surface area contributed by atoms with Gasteiger partial charge in [0.25, 0.3) is 0 Å². The fourth-order valence-electron chi connectivity index (χ4n) is 2.02. The van der Waals surface area contributed by atoms with Crippen molar-refractivity contribution in [1.82, 2.24) is 9.80 Å². The third-order valence-electron chi connectivity index (χ3n) is 3.20. The van der Waals surface area contributed by atoms with Crippen LogP contribution in [0.2, 0.25) is 0 Å². The van der Waals surface area contributed by atoms with Crippen LogP contribution in [0, 0.1) is 0 Å². The first kappa shape index (κ1) is 16.8. The molecule has 0 amide bonds. The second-order valence-corrected chi connectivity index (χ2v) is 4.51. The van der Waals surface area contributed by atoms with Crippen molar-refractivity contribution < 1.29 is 0 Å². The molecule has 4 heteroatoms. The zero-order chi connectivity index (χ0) is 12.9. The molecule has 0 aromatic carbocycles. The van der Waals surface area contributed by atoms with Crippen LogP contribution in [0.15, 0.2) is 0 Å². The summed E-state index contributed by atoms with van der Waals surface area (Å²) in [5.74, 6) is 0. The van der Waals surface area contributed by atoms with E-state index in [1.807, 2.05) is 0 Å². The van der Waals surface area contributed by atoms with Crippen molar-refractivity contribution in [2.24, 2.45) is 11.5 Å². The summed E-state index contributed by atoms with van der Waals surface area (Å²) in [6, 6.07) is 0. The minimum atomic E-state index is 0.787. The Kier molecular flexibility index (Phi) is 12.2. The molecule has 0 saturated carbocycles. The molecule has 4 N–H and O–H groups in total. The van der Waals surface area contributed by atoms with Gasteiger partial charge in [-0.25, -0.2) is 0 Å². The highest BCUT2D eigenvalue weighted by atomic mass is 15.1. The van der Waals surface area contributed by atoms with Gasteiger partial charge in [-0.2, -0.15) is 0 Å². The molecule has 0 rings (SSSR count). The van der Waals surface area contributed by atoms with Crippen LogP contribution < -0.4 is 11.5 Å². The molecule has 0 aromatic rings. The van der Waals surface area contributed by atoms with Gasteiger partial charge in [0.05, 0.1) is 0 Å². The van der Waals surface area contributed by atoms with E-state index < -0.39 is 0 Å². The van der Waals surface area contributed by atoms with E-state index in [0.29, 0.717) is 0 Å². The fourth-order valence-corrected chi connectivity index (χ4v) is 2.02. The maximum Gasteiger partial charge on any atom is -0.000653 e. The maximum atomic E-state index is 5.57. The molecule has 4 nitrogen and oxygen atoms in total. The van der Waals surface area contributed by atoms with Crippen molar-refractivity contribution in [2.45, 2.75) is 33.1 Å². The van der Waals surface area contributed by atoms with Gasteiger partial charge in [0, 0.05) is 0 Å². The van der Waals surface area contributed by atoms with E-state index in [-0.39, 0.29) is 0 Å². The Morgan fingerprint density at radius 2 is 1.06 bits per heavy atom. The average molecular weight is 244 g/mol. The number of hydrogen-bond acceptors (Lipinski definition) is 4. The van der Waals surface area contributed by atoms with Gasteiger partial charge in [-0.3, -0.25) is 0 Å². The average Bonchev–Trinajstić information content (AvgIpc) is 2.37. The molecule has 0 aliphatic carbocycles.